The van der Waals surface area contributed by atoms with Crippen LogP contribution in [0.25, 0.3) is 0 Å². The largest absolute Gasteiger partial charge is 0.351 e. The monoisotopic (exact) mass is 408 g/mol. The summed E-state index contributed by atoms with van der Waals surface area (Å²) in [6.45, 7) is 1.18. The Hall–Kier alpha value is -1.36. The zero-order valence-electron chi connectivity index (χ0n) is 13.4. The Labute approximate surface area is 157 Å². The molecule has 0 aromatic heterocycles. The van der Waals surface area contributed by atoms with Gasteiger partial charge in [0.1, 0.15) is 0 Å². The maximum absolute atomic E-state index is 12.4. The Balaban J connectivity index is 0.00000208. The van der Waals surface area contributed by atoms with Crippen LogP contribution in [0, 0.1) is 0 Å². The first-order valence-electron chi connectivity index (χ1n) is 7.96. The fourth-order valence-electron chi connectivity index (χ4n) is 3.12. The predicted molar refractivity (Wildman–Crippen MR) is 104 cm³/mol. The van der Waals surface area contributed by atoms with Crippen molar-refractivity contribution in [1.29, 1.82) is 0 Å². The molecule has 24 heavy (non-hydrogen) atoms. The van der Waals surface area contributed by atoms with Crippen LogP contribution < -0.4 is 11.1 Å². The van der Waals surface area contributed by atoms with Gasteiger partial charge in [0.15, 0.2) is 0 Å². The first-order valence-corrected chi connectivity index (χ1v) is 8.75. The molecular formula is C19H22BrClN2O. The summed E-state index contributed by atoms with van der Waals surface area (Å²) in [5.41, 5.74) is 8.71. The van der Waals surface area contributed by atoms with Crippen molar-refractivity contribution in [3.8, 4) is 0 Å². The summed E-state index contributed by atoms with van der Waals surface area (Å²) >= 11 is 3.48. The number of hydrogen-bond donors (Lipinski definition) is 2. The van der Waals surface area contributed by atoms with Gasteiger partial charge in [-0.1, -0.05) is 46.6 Å². The minimum atomic E-state index is -0.0167. The number of rotatable bonds is 5. The van der Waals surface area contributed by atoms with E-state index in [0.717, 1.165) is 22.9 Å². The molecule has 3 N–H and O–H groups in total. The number of nitrogens with one attached hydrogen (secondary N) is 1. The number of carbonyl (C=O) groups is 1. The molecule has 0 unspecified atom stereocenters. The summed E-state index contributed by atoms with van der Waals surface area (Å²) in [5, 5.41) is 3.11. The van der Waals surface area contributed by atoms with Crippen LogP contribution in [0.2, 0.25) is 0 Å². The van der Waals surface area contributed by atoms with Gasteiger partial charge in [-0.2, -0.15) is 0 Å². The third-order valence-electron chi connectivity index (χ3n) is 4.81. The second-order valence-corrected chi connectivity index (χ2v) is 7.14. The molecule has 0 aliphatic heterocycles. The highest BCUT2D eigenvalue weighted by Crippen LogP contribution is 2.43. The smallest absolute Gasteiger partial charge is 0.251 e. The van der Waals surface area contributed by atoms with Gasteiger partial charge in [-0.05, 0) is 48.2 Å². The van der Waals surface area contributed by atoms with E-state index in [1.54, 1.807) is 0 Å². The maximum Gasteiger partial charge on any atom is 0.251 e. The second-order valence-electron chi connectivity index (χ2n) is 6.22. The molecule has 0 spiro atoms. The van der Waals surface area contributed by atoms with Crippen molar-refractivity contribution in [2.45, 2.75) is 31.2 Å². The lowest BCUT2D eigenvalue weighted by atomic mass is 9.64. The molecule has 2 aromatic carbocycles. The van der Waals surface area contributed by atoms with E-state index < -0.39 is 0 Å². The summed E-state index contributed by atoms with van der Waals surface area (Å²) in [4.78, 5) is 12.4. The van der Waals surface area contributed by atoms with Crippen LogP contribution in [0.15, 0.2) is 53.0 Å². The molecule has 5 heteroatoms. The lowest BCUT2D eigenvalue weighted by Gasteiger charge is -2.42. The summed E-state index contributed by atoms with van der Waals surface area (Å²) in [7, 11) is 0. The van der Waals surface area contributed by atoms with Crippen LogP contribution in [0.4, 0.5) is 0 Å². The van der Waals surface area contributed by atoms with Crippen LogP contribution in [0.1, 0.15) is 40.7 Å². The van der Waals surface area contributed by atoms with E-state index in [-0.39, 0.29) is 23.7 Å². The van der Waals surface area contributed by atoms with Crippen molar-refractivity contribution in [3.05, 3.63) is 69.7 Å². The molecule has 1 aliphatic carbocycles. The van der Waals surface area contributed by atoms with E-state index in [9.17, 15) is 4.79 Å². The van der Waals surface area contributed by atoms with Gasteiger partial charge in [0.25, 0.3) is 5.91 Å². The van der Waals surface area contributed by atoms with Crippen molar-refractivity contribution in [2.75, 3.05) is 6.54 Å². The van der Waals surface area contributed by atoms with Gasteiger partial charge >= 0.3 is 0 Å². The van der Waals surface area contributed by atoms with Gasteiger partial charge in [-0.25, -0.2) is 0 Å². The lowest BCUT2D eigenvalue weighted by Crippen LogP contribution is -2.45. The van der Waals surface area contributed by atoms with Crippen LogP contribution in [-0.4, -0.2) is 12.5 Å². The normalized spacial score (nSPS) is 15.1. The first-order chi connectivity index (χ1) is 11.1. The topological polar surface area (TPSA) is 55.1 Å². The Bertz CT molecular complexity index is 682. The Morgan fingerprint density at radius 2 is 1.71 bits per heavy atom. The van der Waals surface area contributed by atoms with E-state index in [0.29, 0.717) is 18.7 Å². The lowest BCUT2D eigenvalue weighted by molar-refractivity contribution is 0.0928. The molecule has 1 aliphatic rings. The molecule has 0 atom stereocenters. The zero-order valence-corrected chi connectivity index (χ0v) is 15.8. The van der Waals surface area contributed by atoms with Gasteiger partial charge < -0.3 is 11.1 Å². The van der Waals surface area contributed by atoms with Gasteiger partial charge in [-0.3, -0.25) is 4.79 Å². The van der Waals surface area contributed by atoms with Crippen molar-refractivity contribution in [2.24, 2.45) is 5.73 Å². The second kappa shape index (κ2) is 8.15. The molecule has 2 aromatic rings. The average Bonchev–Trinajstić information content (AvgIpc) is 2.55. The molecule has 1 saturated carbocycles. The van der Waals surface area contributed by atoms with Crippen molar-refractivity contribution < 1.29 is 4.79 Å². The van der Waals surface area contributed by atoms with E-state index in [1.807, 2.05) is 24.3 Å². The van der Waals surface area contributed by atoms with Gasteiger partial charge in [-0.15, -0.1) is 12.4 Å². The summed E-state index contributed by atoms with van der Waals surface area (Å²) in [5.74, 6) is -0.0167. The summed E-state index contributed by atoms with van der Waals surface area (Å²) < 4.78 is 1.08. The fraction of sp³-hybridized carbons (Fsp3) is 0.316. The molecule has 0 saturated heterocycles. The first kappa shape index (κ1) is 19.0. The molecule has 3 nitrogen and oxygen atoms in total. The van der Waals surface area contributed by atoms with Gasteiger partial charge in [0, 0.05) is 28.5 Å². The van der Waals surface area contributed by atoms with Crippen molar-refractivity contribution in [1.82, 2.24) is 5.32 Å². The molecule has 0 bridgehead atoms. The highest BCUT2D eigenvalue weighted by molar-refractivity contribution is 9.10. The molecule has 0 heterocycles. The average molecular weight is 410 g/mol. The summed E-state index contributed by atoms with van der Waals surface area (Å²) in [6.07, 6.45) is 3.47. The number of hydrogen-bond acceptors (Lipinski definition) is 2. The van der Waals surface area contributed by atoms with Crippen molar-refractivity contribution >= 4 is 34.2 Å². The standard InChI is InChI=1S/C19H21BrN2O.ClH/c20-17-8-6-16(7-9-17)19(10-1-11-19)13-22-18(23)15-4-2-14(12-21)3-5-15;/h2-9H,1,10-13,21H2,(H,22,23);1H. The Morgan fingerprint density at radius 3 is 2.21 bits per heavy atom. The Kier molecular flexibility index (Phi) is 6.44. The van der Waals surface area contributed by atoms with E-state index in [1.165, 1.54) is 12.0 Å². The Morgan fingerprint density at radius 1 is 1.08 bits per heavy atom. The third kappa shape index (κ3) is 4.00. The summed E-state index contributed by atoms with van der Waals surface area (Å²) in [6, 6.07) is 15.9. The highest BCUT2D eigenvalue weighted by Gasteiger charge is 2.38. The quantitative estimate of drug-likeness (QED) is 0.778. The highest BCUT2D eigenvalue weighted by atomic mass is 79.9. The molecule has 1 fully saturated rings. The molecule has 3 rings (SSSR count). The van der Waals surface area contributed by atoms with Crippen LogP contribution in [0.3, 0.4) is 0 Å². The van der Waals surface area contributed by atoms with Crippen LogP contribution in [-0.2, 0) is 12.0 Å². The number of benzene rings is 2. The number of halogens is 2. The van der Waals surface area contributed by atoms with Crippen LogP contribution in [0.5, 0.6) is 0 Å². The van der Waals surface area contributed by atoms with Gasteiger partial charge in [0.2, 0.25) is 0 Å². The predicted octanol–water partition coefficient (Wildman–Crippen LogP) is 4.18. The number of carbonyl (C=O) groups excluding carboxylic acids is 1. The fourth-order valence-corrected chi connectivity index (χ4v) is 3.38. The molecule has 0 radical (unpaired) electrons. The minimum absolute atomic E-state index is 0. The number of nitrogens with two attached hydrogens (primary N) is 1. The SMILES string of the molecule is Cl.NCc1ccc(C(=O)NCC2(c3ccc(Br)cc3)CCC2)cc1. The molecule has 1 amide bonds. The molecular weight excluding hydrogens is 388 g/mol. The maximum atomic E-state index is 12.4. The van der Waals surface area contributed by atoms with E-state index in [2.05, 4.69) is 45.5 Å². The minimum Gasteiger partial charge on any atom is -0.351 e. The van der Waals surface area contributed by atoms with Gasteiger partial charge in [0.05, 0.1) is 0 Å². The molecule has 128 valence electrons. The third-order valence-corrected chi connectivity index (χ3v) is 5.34. The number of amides is 1. The van der Waals surface area contributed by atoms with E-state index >= 15 is 0 Å². The van der Waals surface area contributed by atoms with E-state index in [4.69, 9.17) is 5.73 Å². The van der Waals surface area contributed by atoms with Crippen molar-refractivity contribution in [3.63, 3.8) is 0 Å². The zero-order chi connectivity index (χ0) is 16.3. The van der Waals surface area contributed by atoms with Crippen LogP contribution >= 0.6 is 28.3 Å².